The van der Waals surface area contributed by atoms with Crippen molar-refractivity contribution >= 4 is 22.1 Å². The van der Waals surface area contributed by atoms with E-state index in [4.69, 9.17) is 0 Å². The van der Waals surface area contributed by atoms with Gasteiger partial charge in [-0.1, -0.05) is 50.2 Å². The minimum absolute atomic E-state index is 0. The second kappa shape index (κ2) is 14.5. The topological polar surface area (TPSA) is 40.0 Å². The summed E-state index contributed by atoms with van der Waals surface area (Å²) in [5, 5.41) is 2.35. The van der Waals surface area contributed by atoms with Crippen LogP contribution in [0, 0.1) is 39.3 Å². The Morgan fingerprint density at radius 2 is 1.29 bits per heavy atom. The van der Waals surface area contributed by atoms with Gasteiger partial charge in [0.2, 0.25) is 0 Å². The molecule has 0 unspecified atom stereocenters. The van der Waals surface area contributed by atoms with Gasteiger partial charge in [0.1, 0.15) is 0 Å². The zero-order chi connectivity index (χ0) is 28.6. The summed E-state index contributed by atoms with van der Waals surface area (Å²) < 4.78 is 0. The van der Waals surface area contributed by atoms with Crippen molar-refractivity contribution < 1.29 is 20.1 Å². The van der Waals surface area contributed by atoms with Crippen LogP contribution in [0.5, 0.6) is 0 Å². The summed E-state index contributed by atoms with van der Waals surface area (Å²) in [6.45, 7) is 8.16. The van der Waals surface area contributed by atoms with Crippen molar-refractivity contribution in [2.45, 2.75) is 13.8 Å². The van der Waals surface area contributed by atoms with Crippen LogP contribution >= 0.6 is 0 Å². The van der Waals surface area contributed by atoms with Gasteiger partial charge in [-0.2, -0.15) is 67.1 Å². The molecule has 0 amide bonds. The first-order valence-corrected chi connectivity index (χ1v) is 13.4. The molecule has 0 atom stereocenters. The van der Waals surface area contributed by atoms with E-state index in [9.17, 15) is 0 Å². The van der Waals surface area contributed by atoms with Crippen LogP contribution in [0.25, 0.3) is 22.2 Å². The van der Waals surface area contributed by atoms with Gasteiger partial charge >= 0.3 is 0 Å². The Balaban J connectivity index is 0.000000144. The van der Waals surface area contributed by atoms with Crippen LogP contribution in [0.1, 0.15) is 11.1 Å². The average molecular weight is 730 g/mol. The van der Waals surface area contributed by atoms with Crippen molar-refractivity contribution in [3.8, 4) is 11.4 Å². The summed E-state index contributed by atoms with van der Waals surface area (Å²) in [5.74, 6) is 0. The van der Waals surface area contributed by atoms with Crippen molar-refractivity contribution in [3.63, 3.8) is 0 Å². The van der Waals surface area contributed by atoms with Crippen LogP contribution in [0.3, 0.4) is 0 Å². The molecule has 0 N–H and O–H groups in total. The maximum atomic E-state index is 4.39. The van der Waals surface area contributed by atoms with Crippen LogP contribution in [0.4, 0.5) is 11.4 Å². The van der Waals surface area contributed by atoms with E-state index in [0.717, 1.165) is 28.1 Å². The number of aromatic nitrogens is 2. The normalized spacial score (nSPS) is 13.4. The molecule has 6 nitrogen and oxygen atoms in total. The van der Waals surface area contributed by atoms with Gasteiger partial charge in [-0.05, 0) is 50.3 Å². The van der Waals surface area contributed by atoms with E-state index in [1.165, 1.54) is 16.5 Å². The van der Waals surface area contributed by atoms with Gasteiger partial charge in [0.25, 0.3) is 0 Å². The van der Waals surface area contributed by atoms with Crippen molar-refractivity contribution in [2.24, 2.45) is 0 Å². The van der Waals surface area contributed by atoms with Crippen LogP contribution in [-0.4, -0.2) is 28.9 Å². The third-order valence-electron chi connectivity index (χ3n) is 6.47. The predicted octanol–water partition coefficient (Wildman–Crippen LogP) is 7.13. The van der Waals surface area contributed by atoms with E-state index >= 15 is 0 Å². The first kappa shape index (κ1) is 30.6. The van der Waals surface area contributed by atoms with E-state index < -0.39 is 0 Å². The number of benzene rings is 3. The van der Waals surface area contributed by atoms with E-state index in [2.05, 4.69) is 72.3 Å². The Kier molecular flexibility index (Phi) is 10.6. The Hall–Kier alpha value is -4.32. The minimum atomic E-state index is 0. The molecule has 7 rings (SSSR count). The number of aryl methyl sites for hydroxylation is 2. The van der Waals surface area contributed by atoms with Gasteiger partial charge < -0.3 is 24.6 Å². The van der Waals surface area contributed by atoms with Crippen molar-refractivity contribution in [1.29, 1.82) is 0 Å². The Morgan fingerprint density at radius 3 is 1.76 bits per heavy atom. The van der Waals surface area contributed by atoms with Gasteiger partial charge in [0.05, 0.1) is 5.69 Å². The standard InChI is InChI=1S/C13H9N2.2C11H12N2.Ir/c1-2-5-11-10(4-1)7-9-15-13(11)12-6-3-8-14-12;2*1-10-3-5-11(6-4-10)13-8-7-12(2)9-13;/h1-9H;2*3-5,7-9H,1-2H3;/q-1;2*-2;. The zero-order valence-electron chi connectivity index (χ0n) is 24.1. The first-order valence-electron chi connectivity index (χ1n) is 13.4. The van der Waals surface area contributed by atoms with Gasteiger partial charge in [-0.25, -0.2) is 0 Å². The molecule has 0 saturated carbocycles. The second-order valence-electron chi connectivity index (χ2n) is 9.88. The molecule has 42 heavy (non-hydrogen) atoms. The number of nitrogens with zero attached hydrogens (tertiary/aromatic N) is 6. The molecule has 0 spiro atoms. The van der Waals surface area contributed by atoms with E-state index in [-0.39, 0.29) is 20.1 Å². The number of anilines is 2. The monoisotopic (exact) mass is 730 g/mol. The molecule has 5 aromatic rings. The van der Waals surface area contributed by atoms with Gasteiger partial charge in [-0.3, -0.25) is 4.98 Å². The summed E-state index contributed by atoms with van der Waals surface area (Å²) in [7, 11) is 4.01. The number of pyridine rings is 1. The van der Waals surface area contributed by atoms with Crippen molar-refractivity contribution in [3.05, 3.63) is 153 Å². The van der Waals surface area contributed by atoms with E-state index in [0.29, 0.717) is 0 Å². The molecular formula is C35H33IrN6-5. The number of rotatable bonds is 3. The molecule has 1 radical (unpaired) electrons. The largest absolute Gasteiger partial charge is 0.662 e. The average Bonchev–Trinajstić information content (AvgIpc) is 3.78. The quantitative estimate of drug-likeness (QED) is 0.184. The number of hydrogen-bond acceptors (Lipinski definition) is 5. The maximum absolute atomic E-state index is 4.39. The number of fused-ring (bicyclic) bond motifs is 1. The molecule has 2 aliphatic rings. The summed E-state index contributed by atoms with van der Waals surface area (Å²) >= 11 is 0. The molecule has 3 aromatic carbocycles. The SMILES string of the molecule is Cc1c[c-]c(N2C=CN(C)[CH-]2)cc1.Cc1c[c-]c(N2C=CN(C)[CH-]2)cc1.[Ir].c1c[n-]c(-c2nccc3ccccc23)c1. The van der Waals surface area contributed by atoms with Gasteiger partial charge in [0.15, 0.2) is 0 Å². The van der Waals surface area contributed by atoms with Gasteiger partial charge in [-0.15, -0.1) is 29.2 Å². The predicted molar refractivity (Wildman–Crippen MR) is 168 cm³/mol. The smallest absolute Gasteiger partial charge is 0.0561 e. The van der Waals surface area contributed by atoms with Crippen LogP contribution in [0.15, 0.2) is 116 Å². The fourth-order valence-corrected chi connectivity index (χ4v) is 4.26. The van der Waals surface area contributed by atoms with E-state index in [1.807, 2.05) is 120 Å². The third kappa shape index (κ3) is 7.90. The molecule has 0 fully saturated rings. The number of hydrogen-bond donors (Lipinski definition) is 0. The van der Waals surface area contributed by atoms with E-state index in [1.54, 1.807) is 6.20 Å². The van der Waals surface area contributed by atoms with Crippen LogP contribution in [-0.2, 0) is 20.1 Å². The fourth-order valence-electron chi connectivity index (χ4n) is 4.26. The summed E-state index contributed by atoms with van der Waals surface area (Å²) in [6.07, 6.45) is 11.7. The Morgan fingerprint density at radius 1 is 0.690 bits per heavy atom. The maximum Gasteiger partial charge on any atom is 0.0561 e. The van der Waals surface area contributed by atoms with Gasteiger partial charge in [0, 0.05) is 31.7 Å². The fraction of sp³-hybridized carbons (Fsp3) is 0.114. The molecular weight excluding hydrogens is 697 g/mol. The Labute approximate surface area is 263 Å². The molecule has 2 aromatic heterocycles. The van der Waals surface area contributed by atoms with Crippen molar-refractivity contribution in [1.82, 2.24) is 19.8 Å². The second-order valence-corrected chi connectivity index (χ2v) is 9.88. The molecule has 4 heterocycles. The zero-order valence-corrected chi connectivity index (χ0v) is 26.5. The molecule has 0 aliphatic carbocycles. The third-order valence-corrected chi connectivity index (χ3v) is 6.47. The molecule has 0 saturated heterocycles. The Bertz CT molecular complexity index is 1520. The minimum Gasteiger partial charge on any atom is -0.662 e. The molecule has 2 aliphatic heterocycles. The summed E-state index contributed by atoms with van der Waals surface area (Å²) in [6, 6.07) is 32.9. The molecule has 0 bridgehead atoms. The van der Waals surface area contributed by atoms with Crippen LogP contribution < -0.4 is 14.8 Å². The first-order chi connectivity index (χ1) is 20.0. The summed E-state index contributed by atoms with van der Waals surface area (Å²) in [5.41, 5.74) is 6.52. The summed E-state index contributed by atoms with van der Waals surface area (Å²) in [4.78, 5) is 16.8. The molecule has 217 valence electrons. The van der Waals surface area contributed by atoms with Crippen molar-refractivity contribution in [2.75, 3.05) is 23.9 Å². The molecule has 7 heteroatoms. The van der Waals surface area contributed by atoms with Crippen LogP contribution in [0.2, 0.25) is 0 Å².